The number of ketones is 1. The van der Waals surface area contributed by atoms with Gasteiger partial charge in [-0.1, -0.05) is 22.9 Å². The molecule has 2 rings (SSSR count). The average molecular weight is 439 g/mol. The molecule has 1 aliphatic rings. The standard InChI is InChI=1S/C14H17Br2NO3S/c1-3-10-8-17(5-4-13(10)18)21(19,20)14-7-11(15)9(2)6-12(14)16/h6-7,10H,3-5,8H2,1-2H3. The summed E-state index contributed by atoms with van der Waals surface area (Å²) >= 11 is 6.71. The van der Waals surface area contributed by atoms with E-state index < -0.39 is 10.0 Å². The molecule has 4 nitrogen and oxygen atoms in total. The van der Waals surface area contributed by atoms with Gasteiger partial charge in [0, 0.05) is 34.4 Å². The summed E-state index contributed by atoms with van der Waals surface area (Å²) in [5.74, 6) is -0.0331. The van der Waals surface area contributed by atoms with Gasteiger partial charge in [-0.25, -0.2) is 8.42 Å². The van der Waals surface area contributed by atoms with E-state index in [0.717, 1.165) is 10.0 Å². The fourth-order valence-corrected chi connectivity index (χ4v) is 5.54. The Morgan fingerprint density at radius 1 is 1.29 bits per heavy atom. The van der Waals surface area contributed by atoms with Crippen LogP contribution in [0.15, 0.2) is 26.0 Å². The monoisotopic (exact) mass is 437 g/mol. The van der Waals surface area contributed by atoms with Gasteiger partial charge in [-0.2, -0.15) is 4.31 Å². The second-order valence-electron chi connectivity index (χ2n) is 5.22. The molecule has 0 aromatic heterocycles. The second-order valence-corrected chi connectivity index (χ2v) is 8.83. The summed E-state index contributed by atoms with van der Waals surface area (Å²) in [5.41, 5.74) is 0.959. The van der Waals surface area contributed by atoms with E-state index >= 15 is 0 Å². The van der Waals surface area contributed by atoms with Crippen LogP contribution in [0.2, 0.25) is 0 Å². The lowest BCUT2D eigenvalue weighted by atomic mass is 9.96. The van der Waals surface area contributed by atoms with Gasteiger partial charge in [0.1, 0.15) is 5.78 Å². The van der Waals surface area contributed by atoms with E-state index in [-0.39, 0.29) is 29.7 Å². The van der Waals surface area contributed by atoms with Crippen molar-refractivity contribution >= 4 is 47.7 Å². The van der Waals surface area contributed by atoms with Crippen molar-refractivity contribution in [3.05, 3.63) is 26.6 Å². The van der Waals surface area contributed by atoms with Crippen LogP contribution in [0, 0.1) is 12.8 Å². The van der Waals surface area contributed by atoms with Gasteiger partial charge >= 0.3 is 0 Å². The van der Waals surface area contributed by atoms with Crippen LogP contribution in [0.25, 0.3) is 0 Å². The summed E-state index contributed by atoms with van der Waals surface area (Å²) in [4.78, 5) is 12.0. The Kier molecular flexibility index (Phi) is 5.28. The molecule has 1 aromatic carbocycles. The zero-order chi connectivity index (χ0) is 15.8. The van der Waals surface area contributed by atoms with Crippen LogP contribution in [0.1, 0.15) is 25.3 Å². The molecule has 0 aliphatic carbocycles. The highest BCUT2D eigenvalue weighted by atomic mass is 79.9. The lowest BCUT2D eigenvalue weighted by Gasteiger charge is -2.30. The van der Waals surface area contributed by atoms with E-state index in [9.17, 15) is 13.2 Å². The number of benzene rings is 1. The summed E-state index contributed by atoms with van der Waals surface area (Å²) in [6.45, 7) is 4.35. The number of aryl methyl sites for hydroxylation is 1. The summed E-state index contributed by atoms with van der Waals surface area (Å²) in [5, 5.41) is 0. The number of nitrogens with zero attached hydrogens (tertiary/aromatic N) is 1. The summed E-state index contributed by atoms with van der Waals surface area (Å²) in [6.07, 6.45) is 0.964. The van der Waals surface area contributed by atoms with Crippen molar-refractivity contribution in [3.63, 3.8) is 0 Å². The van der Waals surface area contributed by atoms with Crippen molar-refractivity contribution in [2.75, 3.05) is 13.1 Å². The van der Waals surface area contributed by atoms with E-state index in [4.69, 9.17) is 0 Å². The zero-order valence-corrected chi connectivity index (χ0v) is 15.9. The number of carbonyl (C=O) groups is 1. The molecule has 1 fully saturated rings. The van der Waals surface area contributed by atoms with Gasteiger partial charge in [-0.3, -0.25) is 4.79 Å². The third kappa shape index (κ3) is 3.41. The van der Waals surface area contributed by atoms with E-state index in [1.54, 1.807) is 12.1 Å². The maximum absolute atomic E-state index is 12.8. The molecule has 1 unspecified atom stereocenters. The molecule has 0 amide bonds. The lowest BCUT2D eigenvalue weighted by molar-refractivity contribution is -0.125. The first-order valence-electron chi connectivity index (χ1n) is 6.76. The molecule has 116 valence electrons. The number of halogens is 2. The van der Waals surface area contributed by atoms with Gasteiger partial charge in [-0.15, -0.1) is 0 Å². The van der Waals surface area contributed by atoms with Gasteiger partial charge in [0.25, 0.3) is 0 Å². The average Bonchev–Trinajstić information content (AvgIpc) is 2.43. The topological polar surface area (TPSA) is 54.5 Å². The number of carbonyl (C=O) groups excluding carboxylic acids is 1. The highest BCUT2D eigenvalue weighted by Crippen LogP contribution is 2.32. The van der Waals surface area contributed by atoms with Gasteiger partial charge in [-0.05, 0) is 47.0 Å². The number of hydrogen-bond acceptors (Lipinski definition) is 3. The van der Waals surface area contributed by atoms with Crippen LogP contribution in [0.4, 0.5) is 0 Å². The van der Waals surface area contributed by atoms with Gasteiger partial charge in [0.15, 0.2) is 0 Å². The summed E-state index contributed by atoms with van der Waals surface area (Å²) in [7, 11) is -3.59. The van der Waals surface area contributed by atoms with Crippen molar-refractivity contribution in [2.24, 2.45) is 5.92 Å². The summed E-state index contributed by atoms with van der Waals surface area (Å²) in [6, 6.07) is 3.40. The van der Waals surface area contributed by atoms with E-state index in [1.807, 2.05) is 13.8 Å². The molecule has 0 N–H and O–H groups in total. The molecular weight excluding hydrogens is 422 g/mol. The highest BCUT2D eigenvalue weighted by molar-refractivity contribution is 9.11. The van der Waals surface area contributed by atoms with Crippen LogP contribution >= 0.6 is 31.9 Å². The first-order valence-corrected chi connectivity index (χ1v) is 9.78. The number of rotatable bonds is 3. The molecule has 1 aromatic rings. The van der Waals surface area contributed by atoms with Gasteiger partial charge < -0.3 is 0 Å². The molecule has 1 atom stereocenters. The van der Waals surface area contributed by atoms with Crippen molar-refractivity contribution in [3.8, 4) is 0 Å². The molecule has 0 bridgehead atoms. The SMILES string of the molecule is CCC1CN(S(=O)(=O)c2cc(Br)c(C)cc2Br)CCC1=O. The first-order chi connectivity index (χ1) is 9.77. The third-order valence-electron chi connectivity index (χ3n) is 3.81. The van der Waals surface area contributed by atoms with Gasteiger partial charge in [0.05, 0.1) is 4.90 Å². The van der Waals surface area contributed by atoms with Crippen LogP contribution in [-0.4, -0.2) is 31.6 Å². The minimum atomic E-state index is -3.59. The van der Waals surface area contributed by atoms with Crippen LogP contribution in [0.5, 0.6) is 0 Å². The predicted octanol–water partition coefficient (Wildman–Crippen LogP) is 3.51. The molecule has 0 spiro atoms. The Bertz CT molecular complexity index is 673. The van der Waals surface area contributed by atoms with E-state index in [0.29, 0.717) is 17.3 Å². The Hall–Kier alpha value is -0.240. The van der Waals surface area contributed by atoms with E-state index in [1.165, 1.54) is 4.31 Å². The largest absolute Gasteiger partial charge is 0.299 e. The number of Topliss-reactive ketones (excluding diaryl/α,β-unsaturated/α-hetero) is 1. The smallest absolute Gasteiger partial charge is 0.244 e. The molecule has 0 radical (unpaired) electrons. The molecular formula is C14H17Br2NO3S. The van der Waals surface area contributed by atoms with Crippen LogP contribution < -0.4 is 0 Å². The van der Waals surface area contributed by atoms with Crippen molar-refractivity contribution in [1.82, 2.24) is 4.31 Å². The Morgan fingerprint density at radius 3 is 2.57 bits per heavy atom. The first kappa shape index (κ1) is 17.1. The maximum atomic E-state index is 12.8. The minimum Gasteiger partial charge on any atom is -0.299 e. The number of hydrogen-bond donors (Lipinski definition) is 0. The minimum absolute atomic E-state index is 0.160. The van der Waals surface area contributed by atoms with Crippen molar-refractivity contribution < 1.29 is 13.2 Å². The third-order valence-corrected chi connectivity index (χ3v) is 7.49. The highest BCUT2D eigenvalue weighted by Gasteiger charge is 2.34. The summed E-state index contributed by atoms with van der Waals surface area (Å²) < 4.78 is 28.3. The Balaban J connectivity index is 2.39. The van der Waals surface area contributed by atoms with Crippen LogP contribution in [0.3, 0.4) is 0 Å². The Labute approximate surface area is 142 Å². The van der Waals surface area contributed by atoms with Crippen molar-refractivity contribution in [2.45, 2.75) is 31.6 Å². The van der Waals surface area contributed by atoms with E-state index in [2.05, 4.69) is 31.9 Å². The molecule has 1 heterocycles. The molecule has 21 heavy (non-hydrogen) atoms. The molecule has 7 heteroatoms. The zero-order valence-electron chi connectivity index (χ0n) is 11.9. The fourth-order valence-electron chi connectivity index (χ4n) is 2.42. The second kappa shape index (κ2) is 6.48. The molecule has 1 aliphatic heterocycles. The van der Waals surface area contributed by atoms with Gasteiger partial charge in [0.2, 0.25) is 10.0 Å². The van der Waals surface area contributed by atoms with Crippen molar-refractivity contribution in [1.29, 1.82) is 0 Å². The van der Waals surface area contributed by atoms with Crippen LogP contribution in [-0.2, 0) is 14.8 Å². The quantitative estimate of drug-likeness (QED) is 0.725. The number of sulfonamides is 1. The fraction of sp³-hybridized carbons (Fsp3) is 0.500. The Morgan fingerprint density at radius 2 is 1.95 bits per heavy atom. The normalized spacial score (nSPS) is 20.8. The maximum Gasteiger partial charge on any atom is 0.244 e. The number of piperidine rings is 1. The predicted molar refractivity (Wildman–Crippen MR) is 88.7 cm³/mol. The molecule has 0 saturated carbocycles. The molecule has 1 saturated heterocycles. The lowest BCUT2D eigenvalue weighted by Crippen LogP contribution is -2.43.